The van der Waals surface area contributed by atoms with Gasteiger partial charge in [-0.3, -0.25) is 9.59 Å². The van der Waals surface area contributed by atoms with Crippen LogP contribution in [0.25, 0.3) is 0 Å². The van der Waals surface area contributed by atoms with Crippen molar-refractivity contribution in [1.82, 2.24) is 15.4 Å². The maximum Gasteiger partial charge on any atom is 0.243 e. The molecule has 2 aromatic rings. The van der Waals surface area contributed by atoms with E-state index in [-0.39, 0.29) is 36.7 Å². The summed E-state index contributed by atoms with van der Waals surface area (Å²) in [7, 11) is 0. The van der Waals surface area contributed by atoms with Crippen molar-refractivity contribution in [2.75, 3.05) is 6.54 Å². The van der Waals surface area contributed by atoms with Crippen molar-refractivity contribution in [2.45, 2.75) is 51.3 Å². The zero-order chi connectivity index (χ0) is 21.8. The van der Waals surface area contributed by atoms with Gasteiger partial charge in [-0.25, -0.2) is 0 Å². The lowest BCUT2D eigenvalue weighted by atomic mass is 9.91. The number of rotatable bonds is 6. The molecule has 0 spiro atoms. The number of carbonyl (C=O) groups is 2. The first-order valence-corrected chi connectivity index (χ1v) is 10.0. The molecule has 30 heavy (non-hydrogen) atoms. The Balaban J connectivity index is 1.75. The number of aliphatic hydroxyl groups is 1. The molecule has 0 aliphatic carbocycles. The topological polar surface area (TPSA) is 119 Å². The second-order valence-corrected chi connectivity index (χ2v) is 8.00. The van der Waals surface area contributed by atoms with Gasteiger partial charge in [-0.2, -0.15) is 5.26 Å². The van der Waals surface area contributed by atoms with E-state index in [9.17, 15) is 14.7 Å². The highest BCUT2D eigenvalue weighted by Gasteiger charge is 2.43. The number of aromatic nitrogens is 1. The van der Waals surface area contributed by atoms with Crippen LogP contribution in [-0.2, 0) is 9.59 Å². The van der Waals surface area contributed by atoms with Crippen LogP contribution in [-0.4, -0.2) is 45.7 Å². The SMILES string of the molecule is CC(C)[C@H](C(=O)N1C[C@H](O)C[C@H]1C(=O)N[C@@H](C)c1ccc(C#N)cc1)c1ccno1. The summed E-state index contributed by atoms with van der Waals surface area (Å²) in [6.45, 7) is 5.74. The Hall–Kier alpha value is -3.18. The van der Waals surface area contributed by atoms with Crippen LogP contribution in [0.5, 0.6) is 0 Å². The Kier molecular flexibility index (Phi) is 6.53. The number of nitrogens with one attached hydrogen (secondary N) is 1. The zero-order valence-electron chi connectivity index (χ0n) is 17.3. The van der Waals surface area contributed by atoms with E-state index in [4.69, 9.17) is 9.78 Å². The number of benzene rings is 1. The molecule has 2 N–H and O–H groups in total. The molecule has 8 heteroatoms. The number of amides is 2. The van der Waals surface area contributed by atoms with E-state index in [1.54, 1.807) is 30.3 Å². The number of aliphatic hydroxyl groups excluding tert-OH is 1. The standard InChI is InChI=1S/C22H26N4O4/c1-13(2)20(19-8-9-24-30-19)22(29)26-12-17(27)10-18(26)21(28)25-14(3)16-6-4-15(11-23)5-7-16/h4-9,13-14,17-18,20,27H,10,12H2,1-3H3,(H,25,28)/t14-,17+,18-,20-/m0/s1. The fraction of sp³-hybridized carbons (Fsp3) is 0.455. The van der Waals surface area contributed by atoms with Gasteiger partial charge in [-0.1, -0.05) is 31.1 Å². The number of nitrogens with zero attached hydrogens (tertiary/aromatic N) is 3. The van der Waals surface area contributed by atoms with E-state index in [1.807, 2.05) is 20.8 Å². The molecular weight excluding hydrogens is 384 g/mol. The van der Waals surface area contributed by atoms with Crippen molar-refractivity contribution >= 4 is 11.8 Å². The van der Waals surface area contributed by atoms with E-state index < -0.39 is 18.1 Å². The Labute approximate surface area is 175 Å². The minimum Gasteiger partial charge on any atom is -0.391 e. The quantitative estimate of drug-likeness (QED) is 0.753. The number of hydrogen-bond donors (Lipinski definition) is 2. The molecule has 1 aromatic heterocycles. The summed E-state index contributed by atoms with van der Waals surface area (Å²) < 4.78 is 5.22. The molecule has 4 atom stereocenters. The molecule has 0 radical (unpaired) electrons. The van der Waals surface area contributed by atoms with Crippen LogP contribution in [0.3, 0.4) is 0 Å². The van der Waals surface area contributed by atoms with Gasteiger partial charge >= 0.3 is 0 Å². The third kappa shape index (κ3) is 4.52. The zero-order valence-corrected chi connectivity index (χ0v) is 17.3. The van der Waals surface area contributed by atoms with Gasteiger partial charge in [0.2, 0.25) is 11.8 Å². The first-order chi connectivity index (χ1) is 14.3. The molecule has 1 fully saturated rings. The van der Waals surface area contributed by atoms with Gasteiger partial charge in [0.1, 0.15) is 17.7 Å². The largest absolute Gasteiger partial charge is 0.391 e. The van der Waals surface area contributed by atoms with Gasteiger partial charge in [-0.05, 0) is 30.5 Å². The van der Waals surface area contributed by atoms with Crippen LogP contribution in [0, 0.1) is 17.2 Å². The van der Waals surface area contributed by atoms with Crippen molar-refractivity contribution in [3.8, 4) is 6.07 Å². The third-order valence-corrected chi connectivity index (χ3v) is 5.46. The molecule has 158 valence electrons. The average molecular weight is 410 g/mol. The highest BCUT2D eigenvalue weighted by Crippen LogP contribution is 2.30. The summed E-state index contributed by atoms with van der Waals surface area (Å²) >= 11 is 0. The smallest absolute Gasteiger partial charge is 0.243 e. The molecule has 0 unspecified atom stereocenters. The monoisotopic (exact) mass is 410 g/mol. The number of β-amino-alcohol motifs (C(OH)–C–C–N with tert-alkyl or cyclic N) is 1. The first-order valence-electron chi connectivity index (χ1n) is 10.0. The van der Waals surface area contributed by atoms with Crippen molar-refractivity contribution in [1.29, 1.82) is 5.26 Å². The fourth-order valence-electron chi connectivity index (χ4n) is 3.85. The van der Waals surface area contributed by atoms with Crippen molar-refractivity contribution in [2.24, 2.45) is 5.92 Å². The molecular formula is C22H26N4O4. The molecule has 1 aliphatic heterocycles. The van der Waals surface area contributed by atoms with Crippen LogP contribution in [0.2, 0.25) is 0 Å². The number of likely N-dealkylation sites (tertiary alicyclic amines) is 1. The lowest BCUT2D eigenvalue weighted by molar-refractivity contribution is -0.141. The van der Waals surface area contributed by atoms with E-state index >= 15 is 0 Å². The maximum absolute atomic E-state index is 13.3. The predicted octanol–water partition coefficient (Wildman–Crippen LogP) is 2.13. The lowest BCUT2D eigenvalue weighted by Gasteiger charge is -2.29. The highest BCUT2D eigenvalue weighted by atomic mass is 16.5. The van der Waals surface area contributed by atoms with Crippen molar-refractivity contribution in [3.05, 3.63) is 53.4 Å². The van der Waals surface area contributed by atoms with Gasteiger partial charge in [0.25, 0.3) is 0 Å². The molecule has 0 bridgehead atoms. The van der Waals surface area contributed by atoms with Crippen LogP contribution in [0.4, 0.5) is 0 Å². The summed E-state index contributed by atoms with van der Waals surface area (Å²) in [4.78, 5) is 27.7. The normalized spacial score (nSPS) is 20.6. The summed E-state index contributed by atoms with van der Waals surface area (Å²) in [5.41, 5.74) is 1.39. The minimum absolute atomic E-state index is 0.0653. The maximum atomic E-state index is 13.3. The molecule has 0 saturated carbocycles. The predicted molar refractivity (Wildman–Crippen MR) is 108 cm³/mol. The summed E-state index contributed by atoms with van der Waals surface area (Å²) in [6.07, 6.45) is 0.900. The molecule has 3 rings (SSSR count). The number of hydrogen-bond acceptors (Lipinski definition) is 6. The molecule has 2 amide bonds. The van der Waals surface area contributed by atoms with Crippen LogP contribution < -0.4 is 5.32 Å². The van der Waals surface area contributed by atoms with Gasteiger partial charge in [-0.15, -0.1) is 0 Å². The first kappa shape index (κ1) is 21.5. The second-order valence-electron chi connectivity index (χ2n) is 8.00. The summed E-state index contributed by atoms with van der Waals surface area (Å²) in [5.74, 6) is -0.781. The molecule has 8 nitrogen and oxygen atoms in total. The summed E-state index contributed by atoms with van der Waals surface area (Å²) in [5, 5.41) is 25.7. The molecule has 1 aromatic carbocycles. The molecule has 1 aliphatic rings. The molecule has 1 saturated heterocycles. The van der Waals surface area contributed by atoms with Crippen LogP contribution >= 0.6 is 0 Å². The minimum atomic E-state index is -0.766. The van der Waals surface area contributed by atoms with Crippen LogP contribution in [0.1, 0.15) is 56.0 Å². The van der Waals surface area contributed by atoms with Gasteiger partial charge in [0.15, 0.2) is 0 Å². The second kappa shape index (κ2) is 9.09. The number of carbonyl (C=O) groups excluding carboxylic acids is 2. The Morgan fingerprint density at radius 2 is 1.97 bits per heavy atom. The Morgan fingerprint density at radius 3 is 2.53 bits per heavy atom. The van der Waals surface area contributed by atoms with E-state index in [0.29, 0.717) is 11.3 Å². The van der Waals surface area contributed by atoms with Crippen molar-refractivity contribution < 1.29 is 19.2 Å². The van der Waals surface area contributed by atoms with Gasteiger partial charge < -0.3 is 19.8 Å². The van der Waals surface area contributed by atoms with E-state index in [2.05, 4.69) is 16.5 Å². The molecule has 2 heterocycles. The Morgan fingerprint density at radius 1 is 1.27 bits per heavy atom. The lowest BCUT2D eigenvalue weighted by Crippen LogP contribution is -2.48. The van der Waals surface area contributed by atoms with E-state index in [1.165, 1.54) is 11.1 Å². The van der Waals surface area contributed by atoms with Gasteiger partial charge in [0, 0.05) is 19.0 Å². The Bertz CT molecular complexity index is 918. The van der Waals surface area contributed by atoms with Crippen molar-refractivity contribution in [3.63, 3.8) is 0 Å². The number of nitriles is 1. The van der Waals surface area contributed by atoms with Gasteiger partial charge in [0.05, 0.1) is 30.0 Å². The van der Waals surface area contributed by atoms with Crippen LogP contribution in [0.15, 0.2) is 41.1 Å². The fourth-order valence-corrected chi connectivity index (χ4v) is 3.85. The summed E-state index contributed by atoms with van der Waals surface area (Å²) in [6, 6.07) is 9.59. The van der Waals surface area contributed by atoms with E-state index in [0.717, 1.165) is 5.56 Å². The highest BCUT2D eigenvalue weighted by molar-refractivity contribution is 5.91. The average Bonchev–Trinajstić information content (AvgIpc) is 3.37. The third-order valence-electron chi connectivity index (χ3n) is 5.46.